The van der Waals surface area contributed by atoms with Gasteiger partial charge >= 0.3 is 18.0 Å². The summed E-state index contributed by atoms with van der Waals surface area (Å²) in [5.74, 6) is -3.01. The smallest absolute Gasteiger partial charge is 0.417 e. The van der Waals surface area contributed by atoms with E-state index in [1.165, 1.54) is 0 Å². The van der Waals surface area contributed by atoms with Crippen molar-refractivity contribution in [2.45, 2.75) is 104 Å². The number of aliphatic carboxylic acids is 1. The van der Waals surface area contributed by atoms with Gasteiger partial charge in [0.1, 0.15) is 11.2 Å². The monoisotopic (exact) mass is 468 g/mol. The van der Waals surface area contributed by atoms with Crippen molar-refractivity contribution in [3.05, 3.63) is 0 Å². The summed E-state index contributed by atoms with van der Waals surface area (Å²) in [7, 11) is 0. The zero-order valence-corrected chi connectivity index (χ0v) is 20.9. The number of nitrogens with one attached hydrogen (secondary N) is 1. The molecule has 0 aromatic rings. The molecule has 0 unspecified atom stereocenters. The molecule has 0 aromatic heterocycles. The number of carboxylic acids is 1. The molecule has 1 heterocycles. The normalized spacial score (nSPS) is 21.3. The summed E-state index contributed by atoms with van der Waals surface area (Å²) >= 11 is 0. The SMILES string of the molecule is CC(C)(C)OC(=O)[C@H](CN(C(=O)OC(C)(C)C)C(=O)[C@@H]1CCCN1)CC1(C(=O)O)CCCC1. The number of imide groups is 1. The van der Waals surface area contributed by atoms with Crippen LogP contribution in [0.2, 0.25) is 0 Å². The van der Waals surface area contributed by atoms with Gasteiger partial charge in [-0.25, -0.2) is 9.69 Å². The Balaban J connectivity index is 2.37. The first-order valence-corrected chi connectivity index (χ1v) is 11.9. The summed E-state index contributed by atoms with van der Waals surface area (Å²) in [6.45, 7) is 10.7. The predicted octanol–water partition coefficient (Wildman–Crippen LogP) is 3.50. The second-order valence-electron chi connectivity index (χ2n) is 11.3. The fourth-order valence-corrected chi connectivity index (χ4v) is 4.51. The topological polar surface area (TPSA) is 122 Å². The molecule has 0 spiro atoms. The minimum atomic E-state index is -1.07. The van der Waals surface area contributed by atoms with Gasteiger partial charge in [-0.05, 0) is 80.2 Å². The van der Waals surface area contributed by atoms with Crippen LogP contribution in [-0.2, 0) is 23.9 Å². The van der Waals surface area contributed by atoms with E-state index in [-0.39, 0.29) is 13.0 Å². The van der Waals surface area contributed by atoms with Crippen LogP contribution in [0.4, 0.5) is 4.79 Å². The number of ether oxygens (including phenoxy) is 2. The molecular formula is C24H40N2O7. The number of hydrogen-bond donors (Lipinski definition) is 2. The Morgan fingerprint density at radius 3 is 2.03 bits per heavy atom. The van der Waals surface area contributed by atoms with E-state index < -0.39 is 52.5 Å². The molecule has 2 atom stereocenters. The van der Waals surface area contributed by atoms with Crippen LogP contribution in [-0.4, -0.2) is 64.3 Å². The number of nitrogens with zero attached hydrogens (tertiary/aromatic N) is 1. The van der Waals surface area contributed by atoms with Gasteiger partial charge in [-0.3, -0.25) is 14.4 Å². The highest BCUT2D eigenvalue weighted by molar-refractivity contribution is 5.95. The molecule has 2 aliphatic rings. The van der Waals surface area contributed by atoms with Crippen LogP contribution >= 0.6 is 0 Å². The van der Waals surface area contributed by atoms with Gasteiger partial charge in [-0.1, -0.05) is 12.8 Å². The zero-order valence-electron chi connectivity index (χ0n) is 20.9. The van der Waals surface area contributed by atoms with Crippen LogP contribution in [0.5, 0.6) is 0 Å². The Morgan fingerprint density at radius 2 is 1.58 bits per heavy atom. The third-order valence-electron chi connectivity index (χ3n) is 6.03. The molecule has 1 aliphatic heterocycles. The van der Waals surface area contributed by atoms with Crippen molar-refractivity contribution in [3.8, 4) is 0 Å². The molecule has 9 nitrogen and oxygen atoms in total. The van der Waals surface area contributed by atoms with Crippen molar-refractivity contribution in [3.63, 3.8) is 0 Å². The van der Waals surface area contributed by atoms with Crippen LogP contribution in [0.15, 0.2) is 0 Å². The maximum Gasteiger partial charge on any atom is 0.417 e. The van der Waals surface area contributed by atoms with E-state index in [2.05, 4.69) is 5.32 Å². The summed E-state index contributed by atoms with van der Waals surface area (Å²) in [5, 5.41) is 13.1. The second kappa shape index (κ2) is 10.4. The molecule has 0 radical (unpaired) electrons. The molecule has 9 heteroatoms. The molecule has 2 N–H and O–H groups in total. The van der Waals surface area contributed by atoms with Gasteiger partial charge in [-0.15, -0.1) is 0 Å². The summed E-state index contributed by atoms with van der Waals surface area (Å²) in [4.78, 5) is 52.6. The predicted molar refractivity (Wildman–Crippen MR) is 121 cm³/mol. The molecule has 1 saturated heterocycles. The highest BCUT2D eigenvalue weighted by Gasteiger charge is 2.47. The number of hydrogen-bond acceptors (Lipinski definition) is 7. The van der Waals surface area contributed by atoms with Crippen molar-refractivity contribution >= 4 is 23.9 Å². The first kappa shape index (κ1) is 27.1. The van der Waals surface area contributed by atoms with Crippen LogP contribution in [0.25, 0.3) is 0 Å². The Labute approximate surface area is 196 Å². The highest BCUT2D eigenvalue weighted by Crippen LogP contribution is 2.44. The largest absolute Gasteiger partial charge is 0.481 e. The van der Waals surface area contributed by atoms with Gasteiger partial charge in [0.05, 0.1) is 17.4 Å². The van der Waals surface area contributed by atoms with E-state index >= 15 is 0 Å². The van der Waals surface area contributed by atoms with E-state index in [1.807, 2.05) is 0 Å². The Hall–Kier alpha value is -2.16. The number of carbonyl (C=O) groups excluding carboxylic acids is 3. The van der Waals surface area contributed by atoms with Crippen LogP contribution in [0.3, 0.4) is 0 Å². The summed E-state index contributed by atoms with van der Waals surface area (Å²) in [5.41, 5.74) is -2.71. The lowest BCUT2D eigenvalue weighted by Gasteiger charge is -2.34. The standard InChI is InChI=1S/C24H40N2O7/c1-22(2,3)32-19(28)16(14-24(20(29)30)11-7-8-12-24)15-26(21(31)33-23(4,5)6)18(27)17-10-9-13-25-17/h16-17,25H,7-15H2,1-6H3,(H,29,30)/t16-,17-/m0/s1. The lowest BCUT2D eigenvalue weighted by atomic mass is 9.77. The average Bonchev–Trinajstić information content (AvgIpc) is 3.34. The minimum absolute atomic E-state index is 0.00190. The Kier molecular flexibility index (Phi) is 8.54. The zero-order chi connectivity index (χ0) is 25.0. The van der Waals surface area contributed by atoms with Gasteiger partial charge in [0.2, 0.25) is 5.91 Å². The first-order chi connectivity index (χ1) is 15.1. The van der Waals surface area contributed by atoms with Crippen molar-refractivity contribution < 1.29 is 33.8 Å². The Morgan fingerprint density at radius 1 is 1.00 bits per heavy atom. The molecule has 33 heavy (non-hydrogen) atoms. The van der Waals surface area contributed by atoms with Crippen LogP contribution < -0.4 is 5.32 Å². The van der Waals surface area contributed by atoms with Gasteiger partial charge < -0.3 is 19.9 Å². The number of esters is 1. The van der Waals surface area contributed by atoms with Gasteiger partial charge in [0.25, 0.3) is 0 Å². The van der Waals surface area contributed by atoms with Crippen LogP contribution in [0.1, 0.15) is 86.5 Å². The van der Waals surface area contributed by atoms with Crippen molar-refractivity contribution in [2.75, 3.05) is 13.1 Å². The molecule has 2 fully saturated rings. The average molecular weight is 469 g/mol. The van der Waals surface area contributed by atoms with Gasteiger partial charge in [0, 0.05) is 6.54 Å². The van der Waals surface area contributed by atoms with E-state index in [1.54, 1.807) is 41.5 Å². The quantitative estimate of drug-likeness (QED) is 0.545. The fraction of sp³-hybridized carbons (Fsp3) is 0.833. The van der Waals surface area contributed by atoms with E-state index in [4.69, 9.17) is 9.47 Å². The molecule has 0 aromatic carbocycles. The van der Waals surface area contributed by atoms with E-state index in [0.29, 0.717) is 25.8 Å². The third kappa shape index (κ3) is 7.69. The lowest BCUT2D eigenvalue weighted by Crippen LogP contribution is -2.51. The second-order valence-corrected chi connectivity index (χ2v) is 11.3. The maximum atomic E-state index is 13.3. The summed E-state index contributed by atoms with van der Waals surface area (Å²) < 4.78 is 11.1. The van der Waals surface area contributed by atoms with Crippen LogP contribution in [0, 0.1) is 11.3 Å². The molecule has 1 aliphatic carbocycles. The van der Waals surface area contributed by atoms with Crippen molar-refractivity contribution in [1.82, 2.24) is 10.2 Å². The molecule has 2 rings (SSSR count). The number of amides is 2. The van der Waals surface area contributed by atoms with Gasteiger partial charge in [0.15, 0.2) is 0 Å². The summed E-state index contributed by atoms with van der Waals surface area (Å²) in [6.07, 6.45) is 2.96. The van der Waals surface area contributed by atoms with Crippen molar-refractivity contribution in [2.24, 2.45) is 11.3 Å². The fourth-order valence-electron chi connectivity index (χ4n) is 4.51. The Bertz CT molecular complexity index is 739. The summed E-state index contributed by atoms with van der Waals surface area (Å²) in [6, 6.07) is -0.545. The van der Waals surface area contributed by atoms with E-state index in [9.17, 15) is 24.3 Å². The number of carboxylic acid groups (broad SMARTS) is 1. The number of rotatable bonds is 7. The number of carbonyl (C=O) groups is 4. The maximum absolute atomic E-state index is 13.3. The molecule has 188 valence electrons. The first-order valence-electron chi connectivity index (χ1n) is 11.9. The molecule has 2 amide bonds. The minimum Gasteiger partial charge on any atom is -0.481 e. The van der Waals surface area contributed by atoms with E-state index in [0.717, 1.165) is 24.2 Å². The van der Waals surface area contributed by atoms with Crippen molar-refractivity contribution in [1.29, 1.82) is 0 Å². The lowest BCUT2D eigenvalue weighted by molar-refractivity contribution is -0.164. The highest BCUT2D eigenvalue weighted by atomic mass is 16.6. The molecule has 1 saturated carbocycles. The molecular weight excluding hydrogens is 428 g/mol. The third-order valence-corrected chi connectivity index (χ3v) is 6.03. The molecule has 0 bridgehead atoms. The van der Waals surface area contributed by atoms with Gasteiger partial charge in [-0.2, -0.15) is 0 Å².